The number of ether oxygens (including phenoxy) is 3. The number of methoxy groups -OCH3 is 1. The fraction of sp³-hybridized carbons (Fsp3) is 0.886. The van der Waals surface area contributed by atoms with E-state index in [-0.39, 0.29) is 51.7 Å². The lowest BCUT2D eigenvalue weighted by Gasteiger charge is -2.73. The molecule has 226 valence electrons. The first-order valence-electron chi connectivity index (χ1n) is 16.1. The molecule has 5 heteroatoms. The van der Waals surface area contributed by atoms with Crippen molar-refractivity contribution < 1.29 is 23.8 Å². The lowest BCUT2D eigenvalue weighted by Crippen LogP contribution is -2.67. The van der Waals surface area contributed by atoms with Crippen LogP contribution >= 0.6 is 0 Å². The van der Waals surface area contributed by atoms with Gasteiger partial charge in [-0.2, -0.15) is 0 Å². The Hall–Kier alpha value is -1.36. The molecule has 5 saturated carbocycles. The predicted octanol–water partition coefficient (Wildman–Crippen LogP) is 7.77. The summed E-state index contributed by atoms with van der Waals surface area (Å²) >= 11 is 0. The summed E-state index contributed by atoms with van der Waals surface area (Å²) in [6.45, 7) is 21.5. The Kier molecular flexibility index (Phi) is 7.62. The molecule has 5 nitrogen and oxygen atoms in total. The van der Waals surface area contributed by atoms with Crippen LogP contribution < -0.4 is 0 Å². The molecule has 5 fully saturated rings. The topological polar surface area (TPSA) is 61.8 Å². The lowest BCUT2D eigenvalue weighted by atomic mass is 9.32. The SMILES string of the molecule is C=C(C)C1CC[C@]2(COC(=O)COC)CC[C@]3(C)[C@H](CC[C@@H]4[C@@]5(C)CC[C@H](OC(C)=O)C(C)(C)[C@@H]5CC[C@]43C)[C@@H]12. The molecule has 0 heterocycles. The van der Waals surface area contributed by atoms with Gasteiger partial charge < -0.3 is 14.2 Å². The predicted molar refractivity (Wildman–Crippen MR) is 157 cm³/mol. The third-order valence-corrected chi connectivity index (χ3v) is 14.3. The van der Waals surface area contributed by atoms with E-state index in [0.29, 0.717) is 36.2 Å². The minimum Gasteiger partial charge on any atom is -0.463 e. The van der Waals surface area contributed by atoms with Crippen LogP contribution in [-0.2, 0) is 23.8 Å². The second-order valence-corrected chi connectivity index (χ2v) is 16.1. The molecule has 10 atom stereocenters. The summed E-state index contributed by atoms with van der Waals surface area (Å²) < 4.78 is 16.9. The zero-order valence-corrected chi connectivity index (χ0v) is 26.7. The van der Waals surface area contributed by atoms with Crippen molar-refractivity contribution >= 4 is 11.9 Å². The number of carbonyl (C=O) groups is 2. The number of rotatable bonds is 6. The van der Waals surface area contributed by atoms with Gasteiger partial charge in [0.25, 0.3) is 0 Å². The summed E-state index contributed by atoms with van der Waals surface area (Å²) in [5.41, 5.74) is 2.14. The summed E-state index contributed by atoms with van der Waals surface area (Å²) in [6.07, 6.45) is 11.8. The Morgan fingerprint density at radius 2 is 1.55 bits per heavy atom. The van der Waals surface area contributed by atoms with E-state index in [9.17, 15) is 9.59 Å². The summed E-state index contributed by atoms with van der Waals surface area (Å²) in [4.78, 5) is 24.3. The van der Waals surface area contributed by atoms with E-state index >= 15 is 0 Å². The van der Waals surface area contributed by atoms with E-state index in [2.05, 4.69) is 48.1 Å². The minimum atomic E-state index is -0.239. The molecule has 0 saturated heterocycles. The van der Waals surface area contributed by atoms with Crippen molar-refractivity contribution in [2.24, 2.45) is 56.7 Å². The maximum atomic E-state index is 12.4. The van der Waals surface area contributed by atoms with Gasteiger partial charge >= 0.3 is 11.9 Å². The van der Waals surface area contributed by atoms with Crippen LogP contribution in [0.3, 0.4) is 0 Å². The Balaban J connectivity index is 1.47. The van der Waals surface area contributed by atoms with Gasteiger partial charge in [-0.15, -0.1) is 0 Å². The highest BCUT2D eigenvalue weighted by atomic mass is 16.6. The first-order valence-corrected chi connectivity index (χ1v) is 16.1. The van der Waals surface area contributed by atoms with Gasteiger partial charge in [0.1, 0.15) is 12.7 Å². The molecule has 5 aliphatic carbocycles. The number of hydrogen-bond acceptors (Lipinski definition) is 5. The van der Waals surface area contributed by atoms with Crippen molar-refractivity contribution in [1.29, 1.82) is 0 Å². The zero-order valence-electron chi connectivity index (χ0n) is 26.7. The van der Waals surface area contributed by atoms with E-state index in [0.717, 1.165) is 25.7 Å². The third-order valence-electron chi connectivity index (χ3n) is 14.3. The second kappa shape index (κ2) is 10.1. The van der Waals surface area contributed by atoms with Gasteiger partial charge in [-0.25, -0.2) is 4.79 Å². The van der Waals surface area contributed by atoms with Crippen LogP contribution in [0.5, 0.6) is 0 Å². The van der Waals surface area contributed by atoms with Crippen molar-refractivity contribution in [1.82, 2.24) is 0 Å². The highest BCUT2D eigenvalue weighted by Crippen LogP contribution is 2.77. The first-order chi connectivity index (χ1) is 18.7. The number of allylic oxidation sites excluding steroid dienone is 1. The second-order valence-electron chi connectivity index (χ2n) is 16.1. The summed E-state index contributed by atoms with van der Waals surface area (Å²) in [7, 11) is 1.55. The fourth-order valence-corrected chi connectivity index (χ4v) is 12.3. The van der Waals surface area contributed by atoms with Crippen LogP contribution in [0.15, 0.2) is 12.2 Å². The fourth-order valence-electron chi connectivity index (χ4n) is 12.3. The Labute approximate surface area is 243 Å². The van der Waals surface area contributed by atoms with Gasteiger partial charge in [0, 0.05) is 24.9 Å². The van der Waals surface area contributed by atoms with Crippen LogP contribution in [0.4, 0.5) is 0 Å². The first kappa shape index (κ1) is 30.1. The maximum absolute atomic E-state index is 12.4. The van der Waals surface area contributed by atoms with Gasteiger partial charge in [0.05, 0.1) is 6.61 Å². The molecule has 0 N–H and O–H groups in total. The molecule has 0 amide bonds. The molecule has 5 rings (SSSR count). The third kappa shape index (κ3) is 4.25. The molecule has 0 aromatic heterocycles. The molecule has 5 aliphatic rings. The average molecular weight is 557 g/mol. The van der Waals surface area contributed by atoms with Gasteiger partial charge in [0.15, 0.2) is 0 Å². The van der Waals surface area contributed by atoms with Gasteiger partial charge in [-0.1, -0.05) is 46.8 Å². The summed E-state index contributed by atoms with van der Waals surface area (Å²) in [5, 5.41) is 0. The molecule has 0 bridgehead atoms. The van der Waals surface area contributed by atoms with E-state index < -0.39 is 0 Å². The molecular weight excluding hydrogens is 500 g/mol. The number of esters is 2. The molecule has 0 aromatic carbocycles. The normalized spacial score (nSPS) is 47.2. The summed E-state index contributed by atoms with van der Waals surface area (Å²) in [5.74, 6) is 2.52. The number of carbonyl (C=O) groups excluding carboxylic acids is 2. The van der Waals surface area contributed by atoms with E-state index in [1.165, 1.54) is 44.1 Å². The molecule has 40 heavy (non-hydrogen) atoms. The van der Waals surface area contributed by atoms with Crippen molar-refractivity contribution in [3.05, 3.63) is 12.2 Å². The molecule has 1 unspecified atom stereocenters. The maximum Gasteiger partial charge on any atom is 0.332 e. The van der Waals surface area contributed by atoms with E-state index in [1.807, 2.05) is 0 Å². The van der Waals surface area contributed by atoms with Crippen molar-refractivity contribution in [2.75, 3.05) is 20.3 Å². The standard InChI is InChI=1S/C35H56O5/c1-22(2)24-12-17-35(21-39-29(37)20-38-9)19-18-33(7)25(30(24)35)10-11-27-32(6)15-14-28(40-23(3)36)31(4,5)26(32)13-16-34(27,33)8/h24-28,30H,1,10-21H2,2-9H3/t24?,25-,26+,27-,28+,30-,32+,33-,34-,35-/m1/s1. The van der Waals surface area contributed by atoms with Crippen molar-refractivity contribution in [3.8, 4) is 0 Å². The highest BCUT2D eigenvalue weighted by molar-refractivity contribution is 5.70. The smallest absolute Gasteiger partial charge is 0.332 e. The zero-order chi connectivity index (χ0) is 29.3. The molecular formula is C35H56O5. The van der Waals surface area contributed by atoms with E-state index in [1.54, 1.807) is 14.0 Å². The minimum absolute atomic E-state index is 0.0119. The number of hydrogen-bond donors (Lipinski definition) is 0. The monoisotopic (exact) mass is 556 g/mol. The van der Waals surface area contributed by atoms with Crippen molar-refractivity contribution in [2.45, 2.75) is 119 Å². The van der Waals surface area contributed by atoms with Gasteiger partial charge in [-0.3, -0.25) is 4.79 Å². The Morgan fingerprint density at radius 3 is 2.20 bits per heavy atom. The van der Waals surface area contributed by atoms with Gasteiger partial charge in [-0.05, 0) is 117 Å². The lowest BCUT2D eigenvalue weighted by molar-refractivity contribution is -0.252. The van der Waals surface area contributed by atoms with Crippen LogP contribution in [0.25, 0.3) is 0 Å². The molecule has 0 spiro atoms. The van der Waals surface area contributed by atoms with E-state index in [4.69, 9.17) is 14.2 Å². The molecule has 0 radical (unpaired) electrons. The summed E-state index contributed by atoms with van der Waals surface area (Å²) in [6, 6.07) is 0. The Morgan fingerprint density at radius 1 is 0.825 bits per heavy atom. The van der Waals surface area contributed by atoms with Crippen LogP contribution in [0.1, 0.15) is 113 Å². The largest absolute Gasteiger partial charge is 0.463 e. The Bertz CT molecular complexity index is 1030. The van der Waals surface area contributed by atoms with Gasteiger partial charge in [0.2, 0.25) is 0 Å². The average Bonchev–Trinajstić information content (AvgIpc) is 3.25. The van der Waals surface area contributed by atoms with Crippen molar-refractivity contribution in [3.63, 3.8) is 0 Å². The number of fused-ring (bicyclic) bond motifs is 7. The van der Waals surface area contributed by atoms with Crippen LogP contribution in [-0.4, -0.2) is 38.4 Å². The van der Waals surface area contributed by atoms with Crippen LogP contribution in [0.2, 0.25) is 0 Å². The molecule has 0 aromatic rings. The molecule has 0 aliphatic heterocycles. The van der Waals surface area contributed by atoms with Crippen LogP contribution in [0, 0.1) is 56.7 Å². The highest BCUT2D eigenvalue weighted by Gasteiger charge is 2.71. The quantitative estimate of drug-likeness (QED) is 0.247.